The molecule has 0 spiro atoms. The van der Waals surface area contributed by atoms with Gasteiger partial charge in [-0.05, 0) is 69.2 Å². The average Bonchev–Trinajstić information content (AvgIpc) is 2.75. The maximum Gasteiger partial charge on any atom is 0.253 e. The molecule has 1 fully saturated rings. The minimum atomic E-state index is -3.74. The van der Waals surface area contributed by atoms with Gasteiger partial charge in [0.15, 0.2) is 11.5 Å². The zero-order valence-corrected chi connectivity index (χ0v) is 18.5. The quantitative estimate of drug-likeness (QED) is 0.668. The molecule has 0 radical (unpaired) electrons. The van der Waals surface area contributed by atoms with Gasteiger partial charge in [-0.3, -0.25) is 4.79 Å². The lowest BCUT2D eigenvalue weighted by atomic mass is 10.0. The summed E-state index contributed by atoms with van der Waals surface area (Å²) in [5, 5.41) is 0. The maximum absolute atomic E-state index is 13.1. The second-order valence-electron chi connectivity index (χ2n) is 7.17. The Kier molecular flexibility index (Phi) is 7.50. The fraction of sp³-hybridized carbons (Fsp3) is 0.409. The van der Waals surface area contributed by atoms with Crippen LogP contribution in [0.5, 0.6) is 11.5 Å². The molecule has 0 bridgehead atoms. The molecule has 0 aromatic heterocycles. The van der Waals surface area contributed by atoms with Gasteiger partial charge >= 0.3 is 0 Å². The summed E-state index contributed by atoms with van der Waals surface area (Å²) in [7, 11) is -3.74. The molecule has 0 atom stereocenters. The van der Waals surface area contributed by atoms with Crippen molar-refractivity contribution in [3.63, 3.8) is 0 Å². The number of rotatable bonds is 8. The number of amides is 1. The van der Waals surface area contributed by atoms with Crippen molar-refractivity contribution < 1.29 is 27.1 Å². The summed E-state index contributed by atoms with van der Waals surface area (Å²) < 4.78 is 51.8. The van der Waals surface area contributed by atoms with Crippen molar-refractivity contribution in [2.24, 2.45) is 0 Å². The summed E-state index contributed by atoms with van der Waals surface area (Å²) in [4.78, 5) is 14.6. The number of nitrogens with one attached hydrogen (secondary N) is 1. The van der Waals surface area contributed by atoms with Crippen LogP contribution in [-0.2, 0) is 10.0 Å². The van der Waals surface area contributed by atoms with E-state index in [2.05, 4.69) is 4.72 Å². The summed E-state index contributed by atoms with van der Waals surface area (Å²) in [5.74, 6) is 0.489. The van der Waals surface area contributed by atoms with E-state index in [4.69, 9.17) is 9.47 Å². The van der Waals surface area contributed by atoms with Gasteiger partial charge in [0, 0.05) is 24.7 Å². The summed E-state index contributed by atoms with van der Waals surface area (Å²) in [6.45, 7) is 5.54. The van der Waals surface area contributed by atoms with E-state index in [9.17, 15) is 17.6 Å². The molecular formula is C22H27FN2O5S. The van der Waals surface area contributed by atoms with E-state index in [1.807, 2.05) is 13.8 Å². The van der Waals surface area contributed by atoms with E-state index in [0.29, 0.717) is 56.2 Å². The molecule has 1 aliphatic heterocycles. The van der Waals surface area contributed by atoms with E-state index < -0.39 is 15.8 Å². The van der Waals surface area contributed by atoms with Gasteiger partial charge in [0.25, 0.3) is 5.91 Å². The molecule has 31 heavy (non-hydrogen) atoms. The topological polar surface area (TPSA) is 84.9 Å². The smallest absolute Gasteiger partial charge is 0.253 e. The predicted octanol–water partition coefficient (Wildman–Crippen LogP) is 3.21. The zero-order valence-electron chi connectivity index (χ0n) is 17.6. The van der Waals surface area contributed by atoms with Crippen LogP contribution in [0.3, 0.4) is 0 Å². The van der Waals surface area contributed by atoms with Gasteiger partial charge in [-0.2, -0.15) is 0 Å². The fourth-order valence-electron chi connectivity index (χ4n) is 3.47. The Morgan fingerprint density at radius 1 is 1.03 bits per heavy atom. The molecule has 168 valence electrons. The zero-order chi connectivity index (χ0) is 22.4. The summed E-state index contributed by atoms with van der Waals surface area (Å²) in [5.41, 5.74) is 0.497. The second kappa shape index (κ2) is 10.1. The van der Waals surface area contributed by atoms with Crippen molar-refractivity contribution in [3.8, 4) is 11.5 Å². The lowest BCUT2D eigenvalue weighted by molar-refractivity contribution is 0.0710. The van der Waals surface area contributed by atoms with E-state index >= 15 is 0 Å². The number of ether oxygens (including phenoxy) is 2. The maximum atomic E-state index is 13.1. The third-order valence-corrected chi connectivity index (χ3v) is 6.55. The van der Waals surface area contributed by atoms with Gasteiger partial charge in [0.2, 0.25) is 10.0 Å². The molecule has 3 rings (SSSR count). The highest BCUT2D eigenvalue weighted by Gasteiger charge is 2.27. The predicted molar refractivity (Wildman–Crippen MR) is 114 cm³/mol. The summed E-state index contributed by atoms with van der Waals surface area (Å²) in [6, 6.07) is 9.52. The van der Waals surface area contributed by atoms with Crippen molar-refractivity contribution >= 4 is 15.9 Å². The minimum Gasteiger partial charge on any atom is -0.490 e. The largest absolute Gasteiger partial charge is 0.490 e. The normalized spacial score (nSPS) is 15.0. The molecule has 1 saturated heterocycles. The lowest BCUT2D eigenvalue weighted by Crippen LogP contribution is -2.46. The first-order valence-electron chi connectivity index (χ1n) is 10.3. The van der Waals surface area contributed by atoms with Gasteiger partial charge in [-0.1, -0.05) is 0 Å². The molecular weight excluding hydrogens is 423 g/mol. The van der Waals surface area contributed by atoms with Gasteiger partial charge in [0.05, 0.1) is 18.1 Å². The molecule has 0 aliphatic carbocycles. The summed E-state index contributed by atoms with van der Waals surface area (Å²) >= 11 is 0. The van der Waals surface area contributed by atoms with Crippen LogP contribution in [0.25, 0.3) is 0 Å². The molecule has 1 amide bonds. The van der Waals surface area contributed by atoms with Gasteiger partial charge < -0.3 is 14.4 Å². The average molecular weight is 451 g/mol. The number of carbonyl (C=O) groups is 1. The van der Waals surface area contributed by atoms with Crippen LogP contribution in [0.1, 0.15) is 37.0 Å². The Morgan fingerprint density at radius 3 is 2.26 bits per heavy atom. The SMILES string of the molecule is CCOc1ccc(C(=O)N2CCC(NS(=O)(=O)c3ccc(F)cc3)CC2)cc1OCC. The van der Waals surface area contributed by atoms with Crippen LogP contribution in [0.2, 0.25) is 0 Å². The van der Waals surface area contributed by atoms with Gasteiger partial charge in [-0.25, -0.2) is 17.5 Å². The molecule has 9 heteroatoms. The third-order valence-electron chi connectivity index (χ3n) is 5.02. The summed E-state index contributed by atoms with van der Waals surface area (Å²) in [6.07, 6.45) is 0.975. The van der Waals surface area contributed by atoms with Crippen LogP contribution >= 0.6 is 0 Å². The van der Waals surface area contributed by atoms with Gasteiger partial charge in [-0.15, -0.1) is 0 Å². The van der Waals surface area contributed by atoms with E-state index in [1.54, 1.807) is 23.1 Å². The number of nitrogens with zero attached hydrogens (tertiary/aromatic N) is 1. The molecule has 1 N–H and O–H groups in total. The van der Waals surface area contributed by atoms with Crippen LogP contribution < -0.4 is 14.2 Å². The van der Waals surface area contributed by atoms with Crippen LogP contribution in [0.4, 0.5) is 4.39 Å². The fourth-order valence-corrected chi connectivity index (χ4v) is 4.77. The Bertz CT molecular complexity index is 1000. The first-order valence-corrected chi connectivity index (χ1v) is 11.8. The van der Waals surface area contributed by atoms with Crippen molar-refractivity contribution in [1.82, 2.24) is 9.62 Å². The van der Waals surface area contributed by atoms with Crippen LogP contribution in [0.15, 0.2) is 47.4 Å². The molecule has 0 unspecified atom stereocenters. The Hall–Kier alpha value is -2.65. The van der Waals surface area contributed by atoms with E-state index in [1.165, 1.54) is 12.1 Å². The number of likely N-dealkylation sites (tertiary alicyclic amines) is 1. The highest BCUT2D eigenvalue weighted by molar-refractivity contribution is 7.89. The lowest BCUT2D eigenvalue weighted by Gasteiger charge is -2.32. The third kappa shape index (κ3) is 5.74. The van der Waals surface area contributed by atoms with Crippen molar-refractivity contribution in [2.75, 3.05) is 26.3 Å². The first-order chi connectivity index (χ1) is 14.8. The number of piperidine rings is 1. The molecule has 7 nitrogen and oxygen atoms in total. The standard InChI is InChI=1S/C22H27FN2O5S/c1-3-29-20-10-5-16(15-21(20)30-4-2)22(26)25-13-11-18(12-14-25)24-31(27,28)19-8-6-17(23)7-9-19/h5-10,15,18,24H,3-4,11-14H2,1-2H3. The van der Waals surface area contributed by atoms with Crippen LogP contribution in [-0.4, -0.2) is 51.6 Å². The van der Waals surface area contributed by atoms with Crippen molar-refractivity contribution in [2.45, 2.75) is 37.6 Å². The van der Waals surface area contributed by atoms with E-state index in [0.717, 1.165) is 12.1 Å². The van der Waals surface area contributed by atoms with Crippen molar-refractivity contribution in [1.29, 1.82) is 0 Å². The number of benzene rings is 2. The Morgan fingerprint density at radius 2 is 1.65 bits per heavy atom. The molecule has 0 saturated carbocycles. The Labute approximate surface area is 182 Å². The van der Waals surface area contributed by atoms with Crippen molar-refractivity contribution in [3.05, 3.63) is 53.8 Å². The molecule has 2 aromatic rings. The Balaban J connectivity index is 1.62. The van der Waals surface area contributed by atoms with E-state index in [-0.39, 0.29) is 16.8 Å². The number of sulfonamides is 1. The number of halogens is 1. The monoisotopic (exact) mass is 450 g/mol. The molecule has 2 aromatic carbocycles. The molecule has 1 aliphatic rings. The highest BCUT2D eigenvalue weighted by Crippen LogP contribution is 2.29. The molecule has 1 heterocycles. The highest BCUT2D eigenvalue weighted by atomic mass is 32.2. The van der Waals surface area contributed by atoms with Crippen LogP contribution in [0, 0.1) is 5.82 Å². The number of hydrogen-bond acceptors (Lipinski definition) is 5. The number of carbonyl (C=O) groups excluding carboxylic acids is 1. The minimum absolute atomic E-state index is 0.0187. The first kappa shape index (κ1) is 23.0. The van der Waals surface area contributed by atoms with Gasteiger partial charge in [0.1, 0.15) is 5.82 Å². The second-order valence-corrected chi connectivity index (χ2v) is 8.88. The number of hydrogen-bond donors (Lipinski definition) is 1.